The Balaban J connectivity index is 1.58. The van der Waals surface area contributed by atoms with E-state index in [0.717, 1.165) is 32.7 Å². The van der Waals surface area contributed by atoms with Crippen molar-refractivity contribution in [2.75, 3.05) is 32.8 Å². The molecular weight excluding hydrogens is 331 g/mol. The van der Waals surface area contributed by atoms with Crippen LogP contribution >= 0.6 is 0 Å². The van der Waals surface area contributed by atoms with Gasteiger partial charge in [0, 0.05) is 25.7 Å². The Bertz CT molecular complexity index is 702. The van der Waals surface area contributed by atoms with Gasteiger partial charge in [0.05, 0.1) is 19.6 Å². The molecule has 1 aliphatic rings. The van der Waals surface area contributed by atoms with Gasteiger partial charge in [0.25, 0.3) is 0 Å². The summed E-state index contributed by atoms with van der Waals surface area (Å²) in [6.45, 7) is 3.77. The fourth-order valence-electron chi connectivity index (χ4n) is 3.29. The first-order valence-electron chi connectivity index (χ1n) is 9.07. The second-order valence-corrected chi connectivity index (χ2v) is 6.60. The van der Waals surface area contributed by atoms with E-state index in [9.17, 15) is 9.18 Å². The van der Waals surface area contributed by atoms with Gasteiger partial charge in [-0.25, -0.2) is 4.39 Å². The van der Waals surface area contributed by atoms with E-state index in [-0.39, 0.29) is 24.2 Å². The average molecular weight is 356 g/mol. The zero-order valence-corrected chi connectivity index (χ0v) is 14.9. The molecule has 1 saturated heterocycles. The largest absolute Gasteiger partial charge is 0.379 e. The number of hydrogen-bond donors (Lipinski definition) is 1. The second kappa shape index (κ2) is 9.46. The number of benzene rings is 2. The van der Waals surface area contributed by atoms with E-state index in [4.69, 9.17) is 4.74 Å². The number of amides is 1. The van der Waals surface area contributed by atoms with E-state index < -0.39 is 0 Å². The molecule has 1 fully saturated rings. The number of nitrogens with zero attached hydrogens (tertiary/aromatic N) is 1. The maximum absolute atomic E-state index is 13.3. The Hall–Kier alpha value is -2.24. The standard InChI is InChI=1S/C21H25FN2O2/c22-19-8-4-7-18(13-19)15-21(25)23-16-20(24-9-11-26-12-10-24)14-17-5-2-1-3-6-17/h1-8,13,20H,9-12,14-16H2,(H,23,25). The number of morpholine rings is 1. The van der Waals surface area contributed by atoms with Gasteiger partial charge in [0.2, 0.25) is 5.91 Å². The summed E-state index contributed by atoms with van der Waals surface area (Å²) in [5.41, 5.74) is 1.94. The molecule has 138 valence electrons. The molecule has 0 saturated carbocycles. The topological polar surface area (TPSA) is 41.6 Å². The molecule has 1 aliphatic heterocycles. The highest BCUT2D eigenvalue weighted by molar-refractivity contribution is 5.78. The lowest BCUT2D eigenvalue weighted by molar-refractivity contribution is -0.120. The summed E-state index contributed by atoms with van der Waals surface area (Å²) in [6.07, 6.45) is 1.07. The molecule has 0 radical (unpaired) electrons. The number of rotatable bonds is 7. The molecule has 0 spiro atoms. The maximum Gasteiger partial charge on any atom is 0.224 e. The van der Waals surface area contributed by atoms with Crippen LogP contribution in [-0.4, -0.2) is 49.7 Å². The minimum Gasteiger partial charge on any atom is -0.379 e. The van der Waals surface area contributed by atoms with Crippen LogP contribution in [0.25, 0.3) is 0 Å². The van der Waals surface area contributed by atoms with Gasteiger partial charge >= 0.3 is 0 Å². The molecule has 2 aromatic carbocycles. The molecule has 1 amide bonds. The van der Waals surface area contributed by atoms with E-state index in [1.807, 2.05) is 18.2 Å². The zero-order valence-electron chi connectivity index (χ0n) is 14.9. The van der Waals surface area contributed by atoms with E-state index >= 15 is 0 Å². The van der Waals surface area contributed by atoms with E-state index in [1.54, 1.807) is 12.1 Å². The average Bonchev–Trinajstić information content (AvgIpc) is 2.66. The van der Waals surface area contributed by atoms with Crippen molar-refractivity contribution < 1.29 is 13.9 Å². The van der Waals surface area contributed by atoms with Gasteiger partial charge in [-0.05, 0) is 29.7 Å². The van der Waals surface area contributed by atoms with E-state index in [2.05, 4.69) is 22.3 Å². The van der Waals surface area contributed by atoms with Crippen molar-refractivity contribution in [3.8, 4) is 0 Å². The van der Waals surface area contributed by atoms with Crippen LogP contribution in [0.2, 0.25) is 0 Å². The Morgan fingerprint density at radius 2 is 1.81 bits per heavy atom. The molecule has 4 nitrogen and oxygen atoms in total. The molecule has 5 heteroatoms. The van der Waals surface area contributed by atoms with Crippen LogP contribution in [0.1, 0.15) is 11.1 Å². The summed E-state index contributed by atoms with van der Waals surface area (Å²) < 4.78 is 18.7. The summed E-state index contributed by atoms with van der Waals surface area (Å²) in [6, 6.07) is 16.7. The second-order valence-electron chi connectivity index (χ2n) is 6.60. The van der Waals surface area contributed by atoms with Gasteiger partial charge in [-0.1, -0.05) is 42.5 Å². The molecular formula is C21H25FN2O2. The number of hydrogen-bond acceptors (Lipinski definition) is 3. The molecule has 0 aromatic heterocycles. The fraction of sp³-hybridized carbons (Fsp3) is 0.381. The minimum atomic E-state index is -0.314. The van der Waals surface area contributed by atoms with Crippen molar-refractivity contribution in [1.82, 2.24) is 10.2 Å². The van der Waals surface area contributed by atoms with Crippen LogP contribution in [-0.2, 0) is 22.4 Å². The predicted molar refractivity (Wildman–Crippen MR) is 99.4 cm³/mol. The number of carbonyl (C=O) groups is 1. The van der Waals surface area contributed by atoms with Gasteiger partial charge in [-0.3, -0.25) is 9.69 Å². The Labute approximate surface area is 154 Å². The SMILES string of the molecule is O=C(Cc1cccc(F)c1)NCC(Cc1ccccc1)N1CCOCC1. The van der Waals surface area contributed by atoms with E-state index in [1.165, 1.54) is 17.7 Å². The van der Waals surface area contributed by atoms with Crippen molar-refractivity contribution >= 4 is 5.91 Å². The molecule has 0 bridgehead atoms. The van der Waals surface area contributed by atoms with Crippen molar-refractivity contribution in [3.05, 3.63) is 71.5 Å². The smallest absolute Gasteiger partial charge is 0.224 e. The normalized spacial score (nSPS) is 16.2. The Kier molecular flexibility index (Phi) is 6.75. The van der Waals surface area contributed by atoms with Gasteiger partial charge in [-0.2, -0.15) is 0 Å². The van der Waals surface area contributed by atoms with Crippen molar-refractivity contribution in [2.45, 2.75) is 18.9 Å². The maximum atomic E-state index is 13.3. The highest BCUT2D eigenvalue weighted by Gasteiger charge is 2.22. The summed E-state index contributed by atoms with van der Waals surface area (Å²) in [7, 11) is 0. The monoisotopic (exact) mass is 356 g/mol. The summed E-state index contributed by atoms with van der Waals surface area (Å²) in [5, 5.41) is 3.02. The van der Waals surface area contributed by atoms with Crippen LogP contribution in [0, 0.1) is 5.82 Å². The predicted octanol–water partition coefficient (Wildman–Crippen LogP) is 2.43. The van der Waals surface area contributed by atoms with Crippen LogP contribution in [0.5, 0.6) is 0 Å². The fourth-order valence-corrected chi connectivity index (χ4v) is 3.29. The Morgan fingerprint density at radius 3 is 2.54 bits per heavy atom. The molecule has 3 rings (SSSR count). The Morgan fingerprint density at radius 1 is 1.08 bits per heavy atom. The molecule has 1 atom stereocenters. The van der Waals surface area contributed by atoms with Gasteiger partial charge in [-0.15, -0.1) is 0 Å². The lowest BCUT2D eigenvalue weighted by Crippen LogP contribution is -2.50. The summed E-state index contributed by atoms with van der Waals surface area (Å²) in [5.74, 6) is -0.396. The molecule has 1 N–H and O–H groups in total. The third-order valence-electron chi connectivity index (χ3n) is 4.66. The number of halogens is 1. The van der Waals surface area contributed by atoms with Crippen molar-refractivity contribution in [1.29, 1.82) is 0 Å². The van der Waals surface area contributed by atoms with Crippen LogP contribution in [0.4, 0.5) is 4.39 Å². The highest BCUT2D eigenvalue weighted by Crippen LogP contribution is 2.11. The molecule has 2 aromatic rings. The van der Waals surface area contributed by atoms with Gasteiger partial charge in [0.1, 0.15) is 5.82 Å². The lowest BCUT2D eigenvalue weighted by atomic mass is 10.0. The first kappa shape index (κ1) is 18.5. The quantitative estimate of drug-likeness (QED) is 0.828. The minimum absolute atomic E-state index is 0.0816. The third-order valence-corrected chi connectivity index (χ3v) is 4.66. The first-order chi connectivity index (χ1) is 12.7. The lowest BCUT2D eigenvalue weighted by Gasteiger charge is -2.34. The zero-order chi connectivity index (χ0) is 18.2. The number of carbonyl (C=O) groups excluding carboxylic acids is 1. The molecule has 1 heterocycles. The number of ether oxygens (including phenoxy) is 1. The van der Waals surface area contributed by atoms with Crippen LogP contribution < -0.4 is 5.32 Å². The third kappa shape index (κ3) is 5.64. The van der Waals surface area contributed by atoms with Crippen molar-refractivity contribution in [3.63, 3.8) is 0 Å². The van der Waals surface area contributed by atoms with Gasteiger partial charge in [0.15, 0.2) is 0 Å². The molecule has 1 unspecified atom stereocenters. The van der Waals surface area contributed by atoms with Crippen molar-refractivity contribution in [2.24, 2.45) is 0 Å². The summed E-state index contributed by atoms with van der Waals surface area (Å²) >= 11 is 0. The molecule has 0 aliphatic carbocycles. The van der Waals surface area contributed by atoms with Crippen LogP contribution in [0.3, 0.4) is 0 Å². The van der Waals surface area contributed by atoms with E-state index in [0.29, 0.717) is 12.1 Å². The first-order valence-corrected chi connectivity index (χ1v) is 9.07. The van der Waals surface area contributed by atoms with Crippen LogP contribution in [0.15, 0.2) is 54.6 Å². The summed E-state index contributed by atoms with van der Waals surface area (Å²) in [4.78, 5) is 14.7. The molecule has 26 heavy (non-hydrogen) atoms. The highest BCUT2D eigenvalue weighted by atomic mass is 19.1. The number of nitrogens with one attached hydrogen (secondary N) is 1. The van der Waals surface area contributed by atoms with Gasteiger partial charge < -0.3 is 10.1 Å².